The topological polar surface area (TPSA) is 28.2 Å². The second-order valence-electron chi connectivity index (χ2n) is 5.43. The first-order valence-corrected chi connectivity index (χ1v) is 6.53. The van der Waals surface area contributed by atoms with Gasteiger partial charge in [-0.15, -0.1) is 0 Å². The molecule has 2 heterocycles. The van der Waals surface area contributed by atoms with Crippen molar-refractivity contribution >= 4 is 5.69 Å². The average molecular weight is 233 g/mol. The molecule has 0 spiro atoms. The summed E-state index contributed by atoms with van der Waals surface area (Å²) >= 11 is 0. The summed E-state index contributed by atoms with van der Waals surface area (Å²) < 4.78 is 0. The summed E-state index contributed by atoms with van der Waals surface area (Å²) in [4.78, 5) is 6.88. The number of nitrogens with zero attached hydrogens (tertiary/aromatic N) is 2. The van der Waals surface area contributed by atoms with Gasteiger partial charge >= 0.3 is 0 Å². The predicted octanol–water partition coefficient (Wildman–Crippen LogP) is 2.07. The highest BCUT2D eigenvalue weighted by atomic mass is 15.1. The quantitative estimate of drug-likeness (QED) is 0.805. The van der Waals surface area contributed by atoms with Gasteiger partial charge in [-0.25, -0.2) is 0 Å². The lowest BCUT2D eigenvalue weighted by Gasteiger charge is -2.33. The Hall–Kier alpha value is -1.09. The van der Waals surface area contributed by atoms with Gasteiger partial charge in [0.15, 0.2) is 0 Å². The molecule has 1 N–H and O–H groups in total. The third kappa shape index (κ3) is 3.43. The van der Waals surface area contributed by atoms with E-state index in [9.17, 15) is 0 Å². The van der Waals surface area contributed by atoms with E-state index in [1.54, 1.807) is 0 Å². The van der Waals surface area contributed by atoms with Crippen LogP contribution in [0.4, 0.5) is 5.69 Å². The molecule has 0 saturated carbocycles. The van der Waals surface area contributed by atoms with Gasteiger partial charge in [0.05, 0.1) is 11.9 Å². The molecule has 3 heteroatoms. The number of aryl methyl sites for hydroxylation is 1. The molecule has 1 saturated heterocycles. The summed E-state index contributed by atoms with van der Waals surface area (Å²) in [5, 5.41) is 3.53. The van der Waals surface area contributed by atoms with E-state index in [1.165, 1.54) is 5.69 Å². The fourth-order valence-corrected chi connectivity index (χ4v) is 2.39. The van der Waals surface area contributed by atoms with Crippen molar-refractivity contribution in [1.29, 1.82) is 0 Å². The van der Waals surface area contributed by atoms with Gasteiger partial charge in [0.25, 0.3) is 0 Å². The van der Waals surface area contributed by atoms with Gasteiger partial charge in [-0.2, -0.15) is 0 Å². The van der Waals surface area contributed by atoms with Crippen molar-refractivity contribution in [2.45, 2.75) is 20.8 Å². The van der Waals surface area contributed by atoms with Crippen LogP contribution in [0.1, 0.15) is 19.5 Å². The highest BCUT2D eigenvalue weighted by Gasteiger charge is 2.17. The second kappa shape index (κ2) is 5.50. The van der Waals surface area contributed by atoms with E-state index in [-0.39, 0.29) is 0 Å². The molecule has 0 bridgehead atoms. The molecule has 2 rings (SSSR count). The molecular formula is C14H23N3. The van der Waals surface area contributed by atoms with Crippen molar-refractivity contribution < 1.29 is 0 Å². The van der Waals surface area contributed by atoms with Crippen molar-refractivity contribution in [3.63, 3.8) is 0 Å². The van der Waals surface area contributed by atoms with Gasteiger partial charge in [0, 0.05) is 18.8 Å². The molecule has 17 heavy (non-hydrogen) atoms. The lowest BCUT2D eigenvalue weighted by molar-refractivity contribution is 0.410. The first kappa shape index (κ1) is 12.4. The Bertz CT molecular complexity index is 335. The number of pyridine rings is 1. The van der Waals surface area contributed by atoms with Crippen molar-refractivity contribution in [1.82, 2.24) is 10.3 Å². The first-order valence-electron chi connectivity index (χ1n) is 6.53. The minimum atomic E-state index is 0.684. The Morgan fingerprint density at radius 1 is 1.18 bits per heavy atom. The number of rotatable bonds is 1. The predicted molar refractivity (Wildman–Crippen MR) is 72.4 cm³/mol. The van der Waals surface area contributed by atoms with E-state index < -0.39 is 0 Å². The maximum Gasteiger partial charge on any atom is 0.0553 e. The lowest BCUT2D eigenvalue weighted by Crippen LogP contribution is -2.42. The minimum Gasteiger partial charge on any atom is -0.370 e. The fourth-order valence-electron chi connectivity index (χ4n) is 2.39. The standard InChI is InChI=1S/C14H23N3/c1-11-6-15-7-12(2)10-17(9-11)14-5-4-13(3)16-8-14/h4-5,8,11-12,15H,6-7,9-10H2,1-3H3. The van der Waals surface area contributed by atoms with Gasteiger partial charge < -0.3 is 10.2 Å². The Kier molecular flexibility index (Phi) is 4.00. The Morgan fingerprint density at radius 3 is 2.35 bits per heavy atom. The SMILES string of the molecule is Cc1ccc(N2CC(C)CNCC(C)C2)cn1. The second-order valence-corrected chi connectivity index (χ2v) is 5.43. The summed E-state index contributed by atoms with van der Waals surface area (Å²) in [6.07, 6.45) is 2.00. The third-order valence-corrected chi connectivity index (χ3v) is 3.31. The average Bonchev–Trinajstić information content (AvgIpc) is 2.27. The van der Waals surface area contributed by atoms with Crippen molar-refractivity contribution in [3.05, 3.63) is 24.0 Å². The van der Waals surface area contributed by atoms with Gasteiger partial charge in [-0.1, -0.05) is 13.8 Å². The smallest absolute Gasteiger partial charge is 0.0553 e. The zero-order valence-electron chi connectivity index (χ0n) is 11.1. The molecule has 94 valence electrons. The van der Waals surface area contributed by atoms with Crippen LogP contribution in [0.25, 0.3) is 0 Å². The van der Waals surface area contributed by atoms with Crippen molar-refractivity contribution in [2.75, 3.05) is 31.1 Å². The van der Waals surface area contributed by atoms with E-state index in [0.717, 1.165) is 31.9 Å². The molecule has 2 atom stereocenters. The summed E-state index contributed by atoms with van der Waals surface area (Å²) in [6, 6.07) is 4.29. The number of aromatic nitrogens is 1. The summed E-state index contributed by atoms with van der Waals surface area (Å²) in [6.45, 7) is 11.1. The molecule has 1 aromatic heterocycles. The van der Waals surface area contributed by atoms with Crippen LogP contribution >= 0.6 is 0 Å². The first-order chi connectivity index (χ1) is 8.15. The van der Waals surface area contributed by atoms with Crippen molar-refractivity contribution in [3.8, 4) is 0 Å². The van der Waals surface area contributed by atoms with Crippen LogP contribution in [0, 0.1) is 18.8 Å². The van der Waals surface area contributed by atoms with Gasteiger partial charge in [-0.05, 0) is 44.0 Å². The normalized spacial score (nSPS) is 26.4. The Morgan fingerprint density at radius 2 is 1.82 bits per heavy atom. The van der Waals surface area contributed by atoms with E-state index in [1.807, 2.05) is 13.1 Å². The molecule has 3 nitrogen and oxygen atoms in total. The van der Waals surface area contributed by atoms with E-state index >= 15 is 0 Å². The highest BCUT2D eigenvalue weighted by Crippen LogP contribution is 2.18. The summed E-state index contributed by atoms with van der Waals surface area (Å²) in [5.41, 5.74) is 2.35. The number of hydrogen-bond donors (Lipinski definition) is 1. The van der Waals surface area contributed by atoms with Gasteiger partial charge in [0.2, 0.25) is 0 Å². The van der Waals surface area contributed by atoms with Crippen LogP contribution in [0.3, 0.4) is 0 Å². The molecule has 1 aromatic rings. The van der Waals surface area contributed by atoms with Crippen LogP contribution in [-0.2, 0) is 0 Å². The fraction of sp³-hybridized carbons (Fsp3) is 0.643. The lowest BCUT2D eigenvalue weighted by atomic mass is 10.1. The molecule has 0 aliphatic carbocycles. The van der Waals surface area contributed by atoms with E-state index in [4.69, 9.17) is 0 Å². The van der Waals surface area contributed by atoms with Crippen molar-refractivity contribution in [2.24, 2.45) is 11.8 Å². The van der Waals surface area contributed by atoms with Crippen LogP contribution in [0.5, 0.6) is 0 Å². The van der Waals surface area contributed by atoms with Gasteiger partial charge in [-0.3, -0.25) is 4.98 Å². The molecular weight excluding hydrogens is 210 g/mol. The number of hydrogen-bond acceptors (Lipinski definition) is 3. The molecule has 0 amide bonds. The zero-order valence-corrected chi connectivity index (χ0v) is 11.1. The Balaban J connectivity index is 2.12. The maximum atomic E-state index is 4.40. The largest absolute Gasteiger partial charge is 0.370 e. The molecule has 2 unspecified atom stereocenters. The zero-order chi connectivity index (χ0) is 12.3. The van der Waals surface area contributed by atoms with Crippen LogP contribution in [-0.4, -0.2) is 31.2 Å². The number of nitrogens with one attached hydrogen (secondary N) is 1. The van der Waals surface area contributed by atoms with E-state index in [0.29, 0.717) is 11.8 Å². The maximum absolute atomic E-state index is 4.40. The van der Waals surface area contributed by atoms with Crippen LogP contribution < -0.4 is 10.2 Å². The van der Waals surface area contributed by atoms with Gasteiger partial charge in [0.1, 0.15) is 0 Å². The van der Waals surface area contributed by atoms with Crippen LogP contribution in [0.15, 0.2) is 18.3 Å². The number of anilines is 1. The molecule has 1 aliphatic heterocycles. The third-order valence-electron chi connectivity index (χ3n) is 3.31. The molecule has 1 fully saturated rings. The molecule has 1 aliphatic rings. The monoisotopic (exact) mass is 233 g/mol. The Labute approximate surface area is 104 Å². The minimum absolute atomic E-state index is 0.684. The summed E-state index contributed by atoms with van der Waals surface area (Å²) in [7, 11) is 0. The van der Waals surface area contributed by atoms with E-state index in [2.05, 4.69) is 41.2 Å². The van der Waals surface area contributed by atoms with Crippen LogP contribution in [0.2, 0.25) is 0 Å². The summed E-state index contributed by atoms with van der Waals surface area (Å²) in [5.74, 6) is 1.37. The molecule has 0 radical (unpaired) electrons. The molecule has 0 aromatic carbocycles. The highest BCUT2D eigenvalue weighted by molar-refractivity contribution is 5.44.